The molecular formula is C14H15ClN2O. The number of aliphatic hydroxyl groups excluding tert-OH is 1. The summed E-state index contributed by atoms with van der Waals surface area (Å²) in [4.78, 5) is 6.60. The molecule has 0 unspecified atom stereocenters. The van der Waals surface area contributed by atoms with Gasteiger partial charge in [0.05, 0.1) is 16.6 Å². The van der Waals surface area contributed by atoms with Crippen molar-refractivity contribution in [2.45, 2.75) is 19.1 Å². The summed E-state index contributed by atoms with van der Waals surface area (Å²) in [6, 6.07) is 7.99. The Bertz CT molecular complexity index is 573. The number of hydrogen-bond donors (Lipinski definition) is 1. The van der Waals surface area contributed by atoms with Crippen molar-refractivity contribution >= 4 is 22.5 Å². The largest absolute Gasteiger partial charge is 0.392 e. The zero-order valence-electron chi connectivity index (χ0n) is 10.0. The maximum absolute atomic E-state index is 9.51. The highest BCUT2D eigenvalue weighted by molar-refractivity contribution is 6.35. The SMILES string of the molecule is O[C@@H]1CCN(Cc2ccc3c(Cl)ccnc3c2)C1. The number of hydrogen-bond acceptors (Lipinski definition) is 3. The number of pyridine rings is 1. The van der Waals surface area contributed by atoms with Crippen LogP contribution in [0.2, 0.25) is 5.02 Å². The van der Waals surface area contributed by atoms with Crippen molar-refractivity contribution in [2.75, 3.05) is 13.1 Å². The molecule has 0 bridgehead atoms. The van der Waals surface area contributed by atoms with E-state index in [2.05, 4.69) is 22.0 Å². The summed E-state index contributed by atoms with van der Waals surface area (Å²) >= 11 is 6.12. The highest BCUT2D eigenvalue weighted by atomic mass is 35.5. The first-order valence-corrected chi connectivity index (χ1v) is 6.54. The number of nitrogens with zero attached hydrogens (tertiary/aromatic N) is 2. The van der Waals surface area contributed by atoms with Crippen molar-refractivity contribution < 1.29 is 5.11 Å². The van der Waals surface area contributed by atoms with E-state index in [0.717, 1.165) is 42.0 Å². The zero-order valence-corrected chi connectivity index (χ0v) is 10.8. The van der Waals surface area contributed by atoms with Gasteiger partial charge in [-0.25, -0.2) is 0 Å². The second-order valence-corrected chi connectivity index (χ2v) is 5.23. The maximum atomic E-state index is 9.51. The predicted molar refractivity (Wildman–Crippen MR) is 72.7 cm³/mol. The minimum atomic E-state index is -0.168. The fourth-order valence-corrected chi connectivity index (χ4v) is 2.69. The molecule has 1 aromatic heterocycles. The topological polar surface area (TPSA) is 36.4 Å². The fraction of sp³-hybridized carbons (Fsp3) is 0.357. The van der Waals surface area contributed by atoms with Crippen molar-refractivity contribution in [2.24, 2.45) is 0 Å². The van der Waals surface area contributed by atoms with Crippen molar-refractivity contribution in [1.29, 1.82) is 0 Å². The number of likely N-dealkylation sites (tertiary alicyclic amines) is 1. The van der Waals surface area contributed by atoms with Crippen LogP contribution in [0, 0.1) is 0 Å². The van der Waals surface area contributed by atoms with Crippen LogP contribution in [0.3, 0.4) is 0 Å². The molecule has 1 atom stereocenters. The Labute approximate surface area is 111 Å². The molecule has 0 aliphatic carbocycles. The van der Waals surface area contributed by atoms with Crippen LogP contribution in [-0.2, 0) is 6.54 Å². The number of halogens is 1. The quantitative estimate of drug-likeness (QED) is 0.903. The van der Waals surface area contributed by atoms with Gasteiger partial charge in [0.1, 0.15) is 0 Å². The minimum Gasteiger partial charge on any atom is -0.392 e. The van der Waals surface area contributed by atoms with Crippen molar-refractivity contribution in [3.8, 4) is 0 Å². The molecule has 94 valence electrons. The van der Waals surface area contributed by atoms with Gasteiger partial charge in [0.2, 0.25) is 0 Å². The third-order valence-electron chi connectivity index (χ3n) is 3.41. The molecule has 1 saturated heterocycles. The molecule has 2 heterocycles. The molecular weight excluding hydrogens is 248 g/mol. The Balaban J connectivity index is 1.85. The van der Waals surface area contributed by atoms with Gasteiger partial charge in [-0.3, -0.25) is 9.88 Å². The van der Waals surface area contributed by atoms with Crippen molar-refractivity contribution in [3.63, 3.8) is 0 Å². The van der Waals surface area contributed by atoms with Gasteiger partial charge < -0.3 is 5.11 Å². The van der Waals surface area contributed by atoms with Crippen molar-refractivity contribution in [1.82, 2.24) is 9.88 Å². The molecule has 0 amide bonds. The van der Waals surface area contributed by atoms with Crippen LogP contribution in [0.1, 0.15) is 12.0 Å². The first-order valence-electron chi connectivity index (χ1n) is 6.16. The van der Waals surface area contributed by atoms with Crippen LogP contribution >= 0.6 is 11.6 Å². The molecule has 0 spiro atoms. The van der Waals surface area contributed by atoms with E-state index in [1.807, 2.05) is 6.07 Å². The second kappa shape index (κ2) is 4.84. The molecule has 0 radical (unpaired) electrons. The molecule has 4 heteroatoms. The fourth-order valence-electron chi connectivity index (χ4n) is 2.47. The van der Waals surface area contributed by atoms with Crippen LogP contribution in [0.4, 0.5) is 0 Å². The van der Waals surface area contributed by atoms with E-state index < -0.39 is 0 Å². The molecule has 1 aliphatic heterocycles. The molecule has 1 aliphatic rings. The highest BCUT2D eigenvalue weighted by Crippen LogP contribution is 2.23. The zero-order chi connectivity index (χ0) is 12.5. The molecule has 1 fully saturated rings. The monoisotopic (exact) mass is 262 g/mol. The van der Waals surface area contributed by atoms with E-state index in [1.165, 1.54) is 5.56 Å². The average Bonchev–Trinajstić information content (AvgIpc) is 2.75. The van der Waals surface area contributed by atoms with E-state index >= 15 is 0 Å². The average molecular weight is 263 g/mol. The van der Waals surface area contributed by atoms with E-state index in [1.54, 1.807) is 12.3 Å². The summed E-state index contributed by atoms with van der Waals surface area (Å²) in [6.07, 6.45) is 2.43. The summed E-state index contributed by atoms with van der Waals surface area (Å²) in [6.45, 7) is 2.59. The van der Waals surface area contributed by atoms with Gasteiger partial charge in [-0.1, -0.05) is 23.7 Å². The van der Waals surface area contributed by atoms with Gasteiger partial charge in [-0.15, -0.1) is 0 Å². The number of rotatable bonds is 2. The van der Waals surface area contributed by atoms with Gasteiger partial charge in [-0.2, -0.15) is 0 Å². The van der Waals surface area contributed by atoms with E-state index in [9.17, 15) is 5.11 Å². The summed E-state index contributed by atoms with van der Waals surface area (Å²) in [5.74, 6) is 0. The molecule has 18 heavy (non-hydrogen) atoms. The lowest BCUT2D eigenvalue weighted by Gasteiger charge is -2.15. The molecule has 1 aromatic carbocycles. The molecule has 2 aromatic rings. The lowest BCUT2D eigenvalue weighted by Crippen LogP contribution is -2.21. The lowest BCUT2D eigenvalue weighted by molar-refractivity contribution is 0.175. The van der Waals surface area contributed by atoms with Gasteiger partial charge in [0.15, 0.2) is 0 Å². The number of aromatic nitrogens is 1. The predicted octanol–water partition coefficient (Wildman–Crippen LogP) is 2.45. The van der Waals surface area contributed by atoms with E-state index in [4.69, 9.17) is 11.6 Å². The normalized spacial score (nSPS) is 20.7. The van der Waals surface area contributed by atoms with Crippen LogP contribution in [0.15, 0.2) is 30.5 Å². The number of β-amino-alcohol motifs (C(OH)–C–C–N with tert-alkyl or cyclic N) is 1. The molecule has 3 rings (SSSR count). The van der Waals surface area contributed by atoms with Crippen LogP contribution in [0.25, 0.3) is 10.9 Å². The summed E-state index contributed by atoms with van der Waals surface area (Å²) in [5.41, 5.74) is 2.14. The third kappa shape index (κ3) is 2.34. The Kier molecular flexibility index (Phi) is 3.20. The summed E-state index contributed by atoms with van der Waals surface area (Å²) in [5, 5.41) is 11.2. The Morgan fingerprint density at radius 3 is 3.06 bits per heavy atom. The van der Waals surface area contributed by atoms with Crippen LogP contribution in [-0.4, -0.2) is 34.2 Å². The molecule has 1 N–H and O–H groups in total. The summed E-state index contributed by atoms with van der Waals surface area (Å²) in [7, 11) is 0. The minimum absolute atomic E-state index is 0.168. The van der Waals surface area contributed by atoms with E-state index in [0.29, 0.717) is 0 Å². The van der Waals surface area contributed by atoms with Gasteiger partial charge in [0, 0.05) is 31.2 Å². The second-order valence-electron chi connectivity index (χ2n) is 4.82. The third-order valence-corrected chi connectivity index (χ3v) is 3.74. The van der Waals surface area contributed by atoms with Crippen molar-refractivity contribution in [3.05, 3.63) is 41.0 Å². The van der Waals surface area contributed by atoms with Crippen LogP contribution in [0.5, 0.6) is 0 Å². The van der Waals surface area contributed by atoms with E-state index in [-0.39, 0.29) is 6.10 Å². The van der Waals surface area contributed by atoms with Crippen LogP contribution < -0.4 is 0 Å². The Morgan fingerprint density at radius 2 is 2.28 bits per heavy atom. The maximum Gasteiger partial charge on any atom is 0.0720 e. The van der Waals surface area contributed by atoms with Gasteiger partial charge in [0.25, 0.3) is 0 Å². The summed E-state index contributed by atoms with van der Waals surface area (Å²) < 4.78 is 0. The highest BCUT2D eigenvalue weighted by Gasteiger charge is 2.19. The lowest BCUT2D eigenvalue weighted by atomic mass is 10.1. The Morgan fingerprint density at radius 1 is 1.39 bits per heavy atom. The number of aliphatic hydroxyl groups is 1. The number of benzene rings is 1. The molecule has 3 nitrogen and oxygen atoms in total. The first-order chi connectivity index (χ1) is 8.72. The first kappa shape index (κ1) is 11.9. The Hall–Kier alpha value is -1.16. The van der Waals surface area contributed by atoms with Gasteiger partial charge in [-0.05, 0) is 24.1 Å². The smallest absolute Gasteiger partial charge is 0.0720 e. The van der Waals surface area contributed by atoms with Gasteiger partial charge >= 0.3 is 0 Å². The molecule has 0 saturated carbocycles. The standard InChI is InChI=1S/C14H15ClN2O/c15-13-3-5-16-14-7-10(1-2-12(13)14)8-17-6-4-11(18)9-17/h1-3,5,7,11,18H,4,6,8-9H2/t11-/m1/s1. The number of fused-ring (bicyclic) bond motifs is 1.